The van der Waals surface area contributed by atoms with Gasteiger partial charge in [-0.2, -0.15) is 0 Å². The summed E-state index contributed by atoms with van der Waals surface area (Å²) >= 11 is 6.11. The Morgan fingerprint density at radius 3 is 2.70 bits per heavy atom. The Hall–Kier alpha value is -1.56. The summed E-state index contributed by atoms with van der Waals surface area (Å²) in [5, 5.41) is 2.63. The maximum Gasteiger partial charge on any atom is 0.224 e. The van der Waals surface area contributed by atoms with Crippen molar-refractivity contribution in [1.82, 2.24) is 20.2 Å². The summed E-state index contributed by atoms with van der Waals surface area (Å²) in [5.74, 6) is 0.207. The third-order valence-corrected chi connectivity index (χ3v) is 4.70. The maximum atomic E-state index is 12.6. The number of benzene rings is 1. The Labute approximate surface area is 142 Å². The lowest BCUT2D eigenvalue weighted by atomic mass is 9.98. The number of likely N-dealkylation sites (N-methyl/N-ethyl adjacent to an activating group) is 1. The molecule has 1 unspecified atom stereocenters. The summed E-state index contributed by atoms with van der Waals surface area (Å²) in [7, 11) is 4.04. The molecule has 0 radical (unpaired) electrons. The van der Waals surface area contributed by atoms with E-state index in [2.05, 4.69) is 17.4 Å². The van der Waals surface area contributed by atoms with E-state index in [1.165, 1.54) is 0 Å². The summed E-state index contributed by atoms with van der Waals surface area (Å²) < 4.78 is 0. The van der Waals surface area contributed by atoms with E-state index in [1.54, 1.807) is 0 Å². The standard InChI is InChI=1S/C17H23ClN4O/c1-20-6-8-22(9-7-20)17(23)11-16-15(12-21(2)19-16)13-4-3-5-14(18)10-13/h3-5,10,12,16,19H,6-9,11H2,1-2H3. The fraction of sp³-hybridized carbons (Fsp3) is 0.471. The second-order valence-electron chi connectivity index (χ2n) is 6.28. The highest BCUT2D eigenvalue weighted by Crippen LogP contribution is 2.27. The molecule has 1 aromatic rings. The van der Waals surface area contributed by atoms with E-state index in [-0.39, 0.29) is 11.9 Å². The fourth-order valence-corrected chi connectivity index (χ4v) is 3.30. The average molecular weight is 335 g/mol. The number of rotatable bonds is 3. The second-order valence-corrected chi connectivity index (χ2v) is 6.71. The molecule has 5 nitrogen and oxygen atoms in total. The van der Waals surface area contributed by atoms with Crippen LogP contribution in [-0.2, 0) is 4.79 Å². The first-order valence-electron chi connectivity index (χ1n) is 7.96. The van der Waals surface area contributed by atoms with Crippen molar-refractivity contribution in [3.63, 3.8) is 0 Å². The van der Waals surface area contributed by atoms with Crippen molar-refractivity contribution < 1.29 is 4.79 Å². The number of hydrogen-bond acceptors (Lipinski definition) is 4. The first kappa shape index (κ1) is 16.3. The first-order chi connectivity index (χ1) is 11.0. The summed E-state index contributed by atoms with van der Waals surface area (Å²) in [5.41, 5.74) is 5.51. The number of amides is 1. The molecule has 1 atom stereocenters. The molecule has 2 aliphatic rings. The Balaban J connectivity index is 1.69. The third kappa shape index (κ3) is 3.86. The van der Waals surface area contributed by atoms with Crippen molar-refractivity contribution in [3.8, 4) is 0 Å². The van der Waals surface area contributed by atoms with Gasteiger partial charge in [-0.3, -0.25) is 4.79 Å². The summed E-state index contributed by atoms with van der Waals surface area (Å²) in [6.07, 6.45) is 2.50. The molecule has 3 rings (SSSR count). The SMILES string of the molecule is CN1CCN(C(=O)CC2NN(C)C=C2c2cccc(Cl)c2)CC1. The summed E-state index contributed by atoms with van der Waals surface area (Å²) in [4.78, 5) is 16.8. The van der Waals surface area contributed by atoms with Crippen molar-refractivity contribution in [2.75, 3.05) is 40.3 Å². The molecule has 23 heavy (non-hydrogen) atoms. The lowest BCUT2D eigenvalue weighted by Gasteiger charge is -2.33. The van der Waals surface area contributed by atoms with Crippen molar-refractivity contribution in [2.24, 2.45) is 0 Å². The highest BCUT2D eigenvalue weighted by molar-refractivity contribution is 6.30. The molecule has 1 aromatic carbocycles. The minimum absolute atomic E-state index is 0.00868. The lowest BCUT2D eigenvalue weighted by molar-refractivity contribution is -0.133. The Kier molecular flexibility index (Phi) is 4.90. The van der Waals surface area contributed by atoms with E-state index in [0.29, 0.717) is 11.4 Å². The predicted molar refractivity (Wildman–Crippen MR) is 92.8 cm³/mol. The molecule has 1 N–H and O–H groups in total. The first-order valence-corrected chi connectivity index (χ1v) is 8.34. The zero-order chi connectivity index (χ0) is 16.4. The Morgan fingerprint density at radius 1 is 1.26 bits per heavy atom. The molecule has 0 bridgehead atoms. The van der Waals surface area contributed by atoms with Crippen LogP contribution in [0.5, 0.6) is 0 Å². The quantitative estimate of drug-likeness (QED) is 0.912. The zero-order valence-electron chi connectivity index (χ0n) is 13.6. The molecule has 1 saturated heterocycles. The summed E-state index contributed by atoms with van der Waals surface area (Å²) in [6, 6.07) is 7.77. The molecular formula is C17H23ClN4O. The largest absolute Gasteiger partial charge is 0.340 e. The normalized spacial score (nSPS) is 22.4. The predicted octanol–water partition coefficient (Wildman–Crippen LogP) is 1.66. The van der Waals surface area contributed by atoms with E-state index in [9.17, 15) is 4.79 Å². The summed E-state index contributed by atoms with van der Waals surface area (Å²) in [6.45, 7) is 3.52. The van der Waals surface area contributed by atoms with E-state index < -0.39 is 0 Å². The Morgan fingerprint density at radius 2 is 2.00 bits per heavy atom. The molecule has 0 aromatic heterocycles. The van der Waals surface area contributed by atoms with Gasteiger partial charge in [0.05, 0.1) is 6.04 Å². The van der Waals surface area contributed by atoms with Crippen LogP contribution in [0, 0.1) is 0 Å². The van der Waals surface area contributed by atoms with Crippen LogP contribution in [0.4, 0.5) is 0 Å². The van der Waals surface area contributed by atoms with Crippen LogP contribution >= 0.6 is 11.6 Å². The molecular weight excluding hydrogens is 312 g/mol. The Bertz CT molecular complexity index is 610. The maximum absolute atomic E-state index is 12.6. The van der Waals surface area contributed by atoms with Gasteiger partial charge in [0.15, 0.2) is 0 Å². The van der Waals surface area contributed by atoms with Gasteiger partial charge in [0, 0.05) is 50.9 Å². The highest BCUT2D eigenvalue weighted by atomic mass is 35.5. The van der Waals surface area contributed by atoms with Crippen molar-refractivity contribution in [3.05, 3.63) is 41.1 Å². The molecule has 0 aliphatic carbocycles. The fourth-order valence-electron chi connectivity index (χ4n) is 3.11. The van der Waals surface area contributed by atoms with E-state index >= 15 is 0 Å². The van der Waals surface area contributed by atoms with Gasteiger partial charge < -0.3 is 14.8 Å². The minimum atomic E-state index is -0.00868. The van der Waals surface area contributed by atoms with Gasteiger partial charge >= 0.3 is 0 Å². The number of hydrogen-bond donors (Lipinski definition) is 1. The van der Waals surface area contributed by atoms with Crippen LogP contribution in [0.2, 0.25) is 5.02 Å². The van der Waals surface area contributed by atoms with E-state index in [0.717, 1.165) is 37.3 Å². The molecule has 0 saturated carbocycles. The molecule has 1 fully saturated rings. The van der Waals surface area contributed by atoms with Gasteiger partial charge in [-0.05, 0) is 30.3 Å². The van der Waals surface area contributed by atoms with Gasteiger partial charge in [-0.15, -0.1) is 0 Å². The molecule has 124 valence electrons. The van der Waals surface area contributed by atoms with Crippen molar-refractivity contribution >= 4 is 23.1 Å². The van der Waals surface area contributed by atoms with Gasteiger partial charge in [-0.25, -0.2) is 5.43 Å². The van der Waals surface area contributed by atoms with Crippen LogP contribution in [0.1, 0.15) is 12.0 Å². The molecule has 0 spiro atoms. The van der Waals surface area contributed by atoms with Crippen LogP contribution in [0.25, 0.3) is 5.57 Å². The molecule has 6 heteroatoms. The van der Waals surface area contributed by atoms with E-state index in [4.69, 9.17) is 11.6 Å². The number of nitrogens with one attached hydrogen (secondary N) is 1. The van der Waals surface area contributed by atoms with Crippen LogP contribution in [0.15, 0.2) is 30.5 Å². The van der Waals surface area contributed by atoms with Gasteiger partial charge in [0.2, 0.25) is 5.91 Å². The number of nitrogens with zero attached hydrogens (tertiary/aromatic N) is 3. The van der Waals surface area contributed by atoms with Gasteiger partial charge in [0.1, 0.15) is 0 Å². The molecule has 1 amide bonds. The number of hydrazine groups is 1. The van der Waals surface area contributed by atoms with Crippen LogP contribution in [-0.4, -0.2) is 67.0 Å². The van der Waals surface area contributed by atoms with Crippen molar-refractivity contribution in [1.29, 1.82) is 0 Å². The third-order valence-electron chi connectivity index (χ3n) is 4.46. The van der Waals surface area contributed by atoms with Crippen molar-refractivity contribution in [2.45, 2.75) is 12.5 Å². The van der Waals surface area contributed by atoms with E-state index in [1.807, 2.05) is 47.4 Å². The number of halogens is 1. The molecule has 2 aliphatic heterocycles. The highest BCUT2D eigenvalue weighted by Gasteiger charge is 2.28. The minimum Gasteiger partial charge on any atom is -0.340 e. The zero-order valence-corrected chi connectivity index (χ0v) is 14.4. The van der Waals surface area contributed by atoms with Gasteiger partial charge in [-0.1, -0.05) is 23.7 Å². The van der Waals surface area contributed by atoms with Crippen LogP contribution < -0.4 is 5.43 Å². The van der Waals surface area contributed by atoms with Crippen LogP contribution in [0.3, 0.4) is 0 Å². The smallest absolute Gasteiger partial charge is 0.224 e. The number of carbonyl (C=O) groups excluding carboxylic acids is 1. The lowest BCUT2D eigenvalue weighted by Crippen LogP contribution is -2.48. The number of carbonyl (C=O) groups is 1. The van der Waals surface area contributed by atoms with Gasteiger partial charge in [0.25, 0.3) is 0 Å². The second kappa shape index (κ2) is 6.91. The topological polar surface area (TPSA) is 38.8 Å². The monoisotopic (exact) mass is 334 g/mol. The number of piperazine rings is 1. The average Bonchev–Trinajstić information content (AvgIpc) is 2.88. The molecule has 2 heterocycles.